The third-order valence-corrected chi connectivity index (χ3v) is 3.74. The Hall–Kier alpha value is -1.87. The molecule has 2 rings (SSSR count). The minimum atomic E-state index is -0.629. The van der Waals surface area contributed by atoms with Gasteiger partial charge in [-0.2, -0.15) is 0 Å². The van der Waals surface area contributed by atoms with Crippen LogP contribution < -0.4 is 4.90 Å². The van der Waals surface area contributed by atoms with E-state index in [0.29, 0.717) is 18.8 Å². The number of aryl methyl sites for hydroxylation is 1. The summed E-state index contributed by atoms with van der Waals surface area (Å²) < 4.78 is 13.9. The van der Waals surface area contributed by atoms with E-state index < -0.39 is 6.10 Å². The van der Waals surface area contributed by atoms with Gasteiger partial charge in [-0.1, -0.05) is 43.3 Å². The number of aliphatic hydroxyl groups excluding tert-OH is 1. The molecule has 0 heterocycles. The van der Waals surface area contributed by atoms with Crippen LogP contribution in [0, 0.1) is 5.82 Å². The van der Waals surface area contributed by atoms with Crippen molar-refractivity contribution in [1.82, 2.24) is 0 Å². The van der Waals surface area contributed by atoms with Crippen molar-refractivity contribution in [2.45, 2.75) is 26.4 Å². The number of benzene rings is 2. The number of likely N-dealkylation sites (N-methyl/N-ethyl adjacent to an activating group) is 1. The zero-order valence-electron chi connectivity index (χ0n) is 12.6. The van der Waals surface area contributed by atoms with E-state index in [-0.39, 0.29) is 5.82 Å². The van der Waals surface area contributed by atoms with Gasteiger partial charge in [0.25, 0.3) is 0 Å². The Kier molecular flexibility index (Phi) is 5.34. The SMILES string of the molecule is CCc1ccc(C(O)CN(CC)c2ccccc2F)cc1. The highest BCUT2D eigenvalue weighted by atomic mass is 19.1. The summed E-state index contributed by atoms with van der Waals surface area (Å²) in [6, 6.07) is 14.6. The van der Waals surface area contributed by atoms with Crippen LogP contribution in [0.15, 0.2) is 48.5 Å². The molecular formula is C18H22FNO. The molecule has 1 unspecified atom stereocenters. The Labute approximate surface area is 125 Å². The molecule has 1 atom stereocenters. The zero-order chi connectivity index (χ0) is 15.2. The Morgan fingerprint density at radius 3 is 2.29 bits per heavy atom. The highest BCUT2D eigenvalue weighted by molar-refractivity contribution is 5.47. The number of rotatable bonds is 6. The van der Waals surface area contributed by atoms with Gasteiger partial charge >= 0.3 is 0 Å². The van der Waals surface area contributed by atoms with Crippen molar-refractivity contribution in [3.05, 3.63) is 65.5 Å². The lowest BCUT2D eigenvalue weighted by Crippen LogP contribution is -2.29. The minimum absolute atomic E-state index is 0.257. The molecule has 21 heavy (non-hydrogen) atoms. The van der Waals surface area contributed by atoms with Crippen LogP contribution in [0.5, 0.6) is 0 Å². The first-order valence-electron chi connectivity index (χ1n) is 7.42. The maximum Gasteiger partial charge on any atom is 0.146 e. The van der Waals surface area contributed by atoms with Crippen molar-refractivity contribution < 1.29 is 9.50 Å². The van der Waals surface area contributed by atoms with Gasteiger partial charge in [-0.3, -0.25) is 0 Å². The number of para-hydroxylation sites is 1. The fourth-order valence-electron chi connectivity index (χ4n) is 2.40. The van der Waals surface area contributed by atoms with Gasteiger partial charge in [0.2, 0.25) is 0 Å². The molecule has 0 spiro atoms. The number of aliphatic hydroxyl groups is 1. The predicted molar refractivity (Wildman–Crippen MR) is 85.1 cm³/mol. The summed E-state index contributed by atoms with van der Waals surface area (Å²) in [4.78, 5) is 1.85. The standard InChI is InChI=1S/C18H22FNO/c1-3-14-9-11-15(12-10-14)18(21)13-20(4-2)17-8-6-5-7-16(17)19/h5-12,18,21H,3-4,13H2,1-2H3. The maximum absolute atomic E-state index is 13.9. The second kappa shape index (κ2) is 7.23. The molecule has 0 aliphatic rings. The van der Waals surface area contributed by atoms with Crippen molar-refractivity contribution in [2.75, 3.05) is 18.0 Å². The first-order valence-corrected chi connectivity index (χ1v) is 7.42. The number of hydrogen-bond acceptors (Lipinski definition) is 2. The lowest BCUT2D eigenvalue weighted by Gasteiger charge is -2.26. The molecule has 2 aromatic rings. The van der Waals surface area contributed by atoms with Gasteiger partial charge in [0.1, 0.15) is 5.82 Å². The molecule has 0 aliphatic heterocycles. The van der Waals surface area contributed by atoms with Crippen molar-refractivity contribution in [3.63, 3.8) is 0 Å². The molecule has 0 saturated carbocycles. The third kappa shape index (κ3) is 3.82. The van der Waals surface area contributed by atoms with E-state index >= 15 is 0 Å². The summed E-state index contributed by atoms with van der Waals surface area (Å²) in [7, 11) is 0. The summed E-state index contributed by atoms with van der Waals surface area (Å²) in [5.74, 6) is -0.257. The number of hydrogen-bond donors (Lipinski definition) is 1. The summed E-state index contributed by atoms with van der Waals surface area (Å²) >= 11 is 0. The molecule has 0 fully saturated rings. The molecule has 3 heteroatoms. The van der Waals surface area contributed by atoms with E-state index in [1.54, 1.807) is 12.1 Å². The Morgan fingerprint density at radius 1 is 1.05 bits per heavy atom. The average Bonchev–Trinajstić information content (AvgIpc) is 2.53. The predicted octanol–water partition coefficient (Wildman–Crippen LogP) is 3.95. The minimum Gasteiger partial charge on any atom is -0.387 e. The van der Waals surface area contributed by atoms with E-state index in [9.17, 15) is 9.50 Å². The number of nitrogens with zero attached hydrogens (tertiary/aromatic N) is 1. The Bertz CT molecular complexity index is 568. The van der Waals surface area contributed by atoms with Crippen molar-refractivity contribution in [1.29, 1.82) is 0 Å². The van der Waals surface area contributed by atoms with Crippen LogP contribution >= 0.6 is 0 Å². The fourth-order valence-corrected chi connectivity index (χ4v) is 2.40. The normalized spacial score (nSPS) is 12.2. The van der Waals surface area contributed by atoms with Crippen LogP contribution in [-0.4, -0.2) is 18.2 Å². The van der Waals surface area contributed by atoms with Gasteiger partial charge in [-0.25, -0.2) is 4.39 Å². The molecule has 0 aliphatic carbocycles. The molecule has 2 aromatic carbocycles. The van der Waals surface area contributed by atoms with E-state index in [0.717, 1.165) is 12.0 Å². The monoisotopic (exact) mass is 287 g/mol. The molecular weight excluding hydrogens is 265 g/mol. The van der Waals surface area contributed by atoms with Crippen molar-refractivity contribution in [2.24, 2.45) is 0 Å². The van der Waals surface area contributed by atoms with Crippen LogP contribution in [0.1, 0.15) is 31.1 Å². The number of halogens is 1. The molecule has 0 amide bonds. The molecule has 112 valence electrons. The van der Waals surface area contributed by atoms with Gasteiger partial charge in [0.15, 0.2) is 0 Å². The van der Waals surface area contributed by atoms with Gasteiger partial charge in [-0.15, -0.1) is 0 Å². The van der Waals surface area contributed by atoms with Crippen LogP contribution in [0.2, 0.25) is 0 Å². The lowest BCUT2D eigenvalue weighted by atomic mass is 10.1. The van der Waals surface area contributed by atoms with Gasteiger partial charge < -0.3 is 10.0 Å². The summed E-state index contributed by atoms with van der Waals surface area (Å²) in [6.07, 6.45) is 0.350. The topological polar surface area (TPSA) is 23.5 Å². The zero-order valence-corrected chi connectivity index (χ0v) is 12.6. The largest absolute Gasteiger partial charge is 0.387 e. The lowest BCUT2D eigenvalue weighted by molar-refractivity contribution is 0.183. The quantitative estimate of drug-likeness (QED) is 0.869. The highest BCUT2D eigenvalue weighted by Gasteiger charge is 2.15. The molecule has 1 N–H and O–H groups in total. The van der Waals surface area contributed by atoms with Crippen LogP contribution in [-0.2, 0) is 6.42 Å². The molecule has 0 aromatic heterocycles. The van der Waals surface area contributed by atoms with Crippen molar-refractivity contribution >= 4 is 5.69 Å². The smallest absolute Gasteiger partial charge is 0.146 e. The van der Waals surface area contributed by atoms with Gasteiger partial charge in [0.05, 0.1) is 11.8 Å². The second-order valence-corrected chi connectivity index (χ2v) is 5.10. The fraction of sp³-hybridized carbons (Fsp3) is 0.333. The number of anilines is 1. The first-order chi connectivity index (χ1) is 10.2. The van der Waals surface area contributed by atoms with Crippen LogP contribution in [0.25, 0.3) is 0 Å². The van der Waals surface area contributed by atoms with Crippen molar-refractivity contribution in [3.8, 4) is 0 Å². The van der Waals surface area contributed by atoms with E-state index in [2.05, 4.69) is 6.92 Å². The maximum atomic E-state index is 13.9. The van der Waals surface area contributed by atoms with E-state index in [4.69, 9.17) is 0 Å². The Balaban J connectivity index is 2.12. The van der Waals surface area contributed by atoms with Gasteiger partial charge in [0, 0.05) is 13.1 Å². The summed E-state index contributed by atoms with van der Waals surface area (Å²) in [6.45, 7) is 5.08. The molecule has 0 bridgehead atoms. The molecule has 0 radical (unpaired) electrons. The average molecular weight is 287 g/mol. The summed E-state index contributed by atoms with van der Waals surface area (Å²) in [5, 5.41) is 10.4. The first kappa shape index (κ1) is 15.5. The highest BCUT2D eigenvalue weighted by Crippen LogP contribution is 2.22. The van der Waals surface area contributed by atoms with Crippen LogP contribution in [0.4, 0.5) is 10.1 Å². The molecule has 2 nitrogen and oxygen atoms in total. The second-order valence-electron chi connectivity index (χ2n) is 5.10. The summed E-state index contributed by atoms with van der Waals surface area (Å²) in [5.41, 5.74) is 2.64. The molecule has 0 saturated heterocycles. The van der Waals surface area contributed by atoms with E-state index in [1.165, 1.54) is 11.6 Å². The van der Waals surface area contributed by atoms with E-state index in [1.807, 2.05) is 42.2 Å². The Morgan fingerprint density at radius 2 is 1.71 bits per heavy atom. The third-order valence-electron chi connectivity index (χ3n) is 3.74. The van der Waals surface area contributed by atoms with Crippen LogP contribution in [0.3, 0.4) is 0 Å². The van der Waals surface area contributed by atoms with Gasteiger partial charge in [-0.05, 0) is 36.6 Å².